The highest BCUT2D eigenvalue weighted by atomic mass is 32.1. The molecule has 1 aromatic heterocycles. The highest BCUT2D eigenvalue weighted by Gasteiger charge is 2.15. The highest BCUT2D eigenvalue weighted by Crippen LogP contribution is 2.24. The molecular weight excluding hydrogens is 260 g/mol. The second-order valence-corrected chi connectivity index (χ2v) is 5.43. The van der Waals surface area contributed by atoms with Gasteiger partial charge < -0.3 is 16.2 Å². The topological polar surface area (TPSA) is 75.4 Å². The summed E-state index contributed by atoms with van der Waals surface area (Å²) in [4.78, 5) is 13.2. The summed E-state index contributed by atoms with van der Waals surface area (Å²) >= 11 is 1.66. The van der Waals surface area contributed by atoms with Crippen molar-refractivity contribution in [2.24, 2.45) is 0 Å². The first-order chi connectivity index (χ1) is 9.08. The lowest BCUT2D eigenvalue weighted by atomic mass is 10.1. The number of hydrogen-bond donors (Lipinski definition) is 3. The van der Waals surface area contributed by atoms with Crippen LogP contribution < -0.4 is 11.1 Å². The van der Waals surface area contributed by atoms with Crippen LogP contribution >= 0.6 is 11.3 Å². The number of aromatic hydroxyl groups is 1. The number of nitrogen functional groups attached to an aromatic ring is 1. The van der Waals surface area contributed by atoms with E-state index >= 15 is 0 Å². The van der Waals surface area contributed by atoms with Gasteiger partial charge >= 0.3 is 0 Å². The second-order valence-electron chi connectivity index (χ2n) is 4.40. The van der Waals surface area contributed by atoms with Crippen molar-refractivity contribution in [2.75, 3.05) is 5.73 Å². The summed E-state index contributed by atoms with van der Waals surface area (Å²) in [5.41, 5.74) is 5.98. The van der Waals surface area contributed by atoms with E-state index < -0.39 is 0 Å². The van der Waals surface area contributed by atoms with Crippen molar-refractivity contribution in [3.63, 3.8) is 0 Å². The molecule has 1 heterocycles. The van der Waals surface area contributed by atoms with Gasteiger partial charge in [-0.05, 0) is 30.5 Å². The Morgan fingerprint density at radius 3 is 2.89 bits per heavy atom. The second kappa shape index (κ2) is 5.75. The SMILES string of the molecule is CC(Cc1cccs1)NC(=O)c1cccc(N)c1O. The molecule has 0 aliphatic rings. The molecule has 0 saturated heterocycles. The molecule has 1 unspecified atom stereocenters. The predicted molar refractivity (Wildman–Crippen MR) is 77.5 cm³/mol. The van der Waals surface area contributed by atoms with Crippen LogP contribution in [0.3, 0.4) is 0 Å². The van der Waals surface area contributed by atoms with Crippen LogP contribution in [0.2, 0.25) is 0 Å². The maximum absolute atomic E-state index is 12.0. The van der Waals surface area contributed by atoms with E-state index in [1.807, 2.05) is 24.4 Å². The van der Waals surface area contributed by atoms with Gasteiger partial charge in [0.2, 0.25) is 0 Å². The Bertz CT molecular complexity index is 567. The lowest BCUT2D eigenvalue weighted by Gasteiger charge is -2.14. The van der Waals surface area contributed by atoms with E-state index in [1.165, 1.54) is 4.88 Å². The summed E-state index contributed by atoms with van der Waals surface area (Å²) in [5, 5.41) is 14.6. The van der Waals surface area contributed by atoms with Gasteiger partial charge in [0.25, 0.3) is 5.91 Å². The van der Waals surface area contributed by atoms with Crippen molar-refractivity contribution in [3.05, 3.63) is 46.2 Å². The first-order valence-corrected chi connectivity index (χ1v) is 6.86. The third-order valence-corrected chi connectivity index (χ3v) is 3.68. The molecule has 100 valence electrons. The molecule has 0 spiro atoms. The first kappa shape index (κ1) is 13.4. The number of carbonyl (C=O) groups excluding carboxylic acids is 1. The lowest BCUT2D eigenvalue weighted by molar-refractivity contribution is 0.0937. The molecular formula is C14H16N2O2S. The van der Waals surface area contributed by atoms with Crippen molar-refractivity contribution in [1.82, 2.24) is 5.32 Å². The average Bonchev–Trinajstić information content (AvgIpc) is 2.85. The van der Waals surface area contributed by atoms with Crippen LogP contribution in [0.4, 0.5) is 5.69 Å². The molecule has 4 N–H and O–H groups in total. The molecule has 5 heteroatoms. The fourth-order valence-corrected chi connectivity index (χ4v) is 2.66. The summed E-state index contributed by atoms with van der Waals surface area (Å²) < 4.78 is 0. The zero-order chi connectivity index (χ0) is 13.8. The molecule has 2 aromatic rings. The number of rotatable bonds is 4. The molecule has 0 saturated carbocycles. The van der Waals surface area contributed by atoms with Crippen molar-refractivity contribution in [1.29, 1.82) is 0 Å². The quantitative estimate of drug-likeness (QED) is 0.593. The van der Waals surface area contributed by atoms with Gasteiger partial charge in [-0.15, -0.1) is 11.3 Å². The van der Waals surface area contributed by atoms with Gasteiger partial charge in [0, 0.05) is 17.3 Å². The van der Waals surface area contributed by atoms with Crippen LogP contribution in [0.5, 0.6) is 5.75 Å². The molecule has 4 nitrogen and oxygen atoms in total. The Morgan fingerprint density at radius 1 is 1.42 bits per heavy atom. The number of phenols is 1. The largest absolute Gasteiger partial charge is 0.505 e. The number of nitrogens with two attached hydrogens (primary N) is 1. The van der Waals surface area contributed by atoms with Crippen molar-refractivity contribution >= 4 is 22.9 Å². The van der Waals surface area contributed by atoms with E-state index in [9.17, 15) is 9.90 Å². The maximum Gasteiger partial charge on any atom is 0.255 e. The average molecular weight is 276 g/mol. The van der Waals surface area contributed by atoms with Gasteiger partial charge in [0.05, 0.1) is 11.3 Å². The number of nitrogens with one attached hydrogen (secondary N) is 1. The van der Waals surface area contributed by atoms with Gasteiger partial charge in [0.15, 0.2) is 5.75 Å². The molecule has 2 rings (SSSR count). The van der Waals surface area contributed by atoms with Gasteiger partial charge in [-0.3, -0.25) is 4.79 Å². The molecule has 1 aromatic carbocycles. The molecule has 19 heavy (non-hydrogen) atoms. The number of carbonyl (C=O) groups is 1. The van der Waals surface area contributed by atoms with Crippen molar-refractivity contribution in [3.8, 4) is 5.75 Å². The van der Waals surface area contributed by atoms with Crippen molar-refractivity contribution < 1.29 is 9.90 Å². The standard InChI is InChI=1S/C14H16N2O2S/c1-9(8-10-4-3-7-19-10)16-14(18)11-5-2-6-12(15)13(11)17/h2-7,9,17H,8,15H2,1H3,(H,16,18). The Labute approximate surface area is 115 Å². The van der Waals surface area contributed by atoms with Crippen LogP contribution in [0.25, 0.3) is 0 Å². The van der Waals surface area contributed by atoms with Crippen LogP contribution in [0.15, 0.2) is 35.7 Å². The Balaban J connectivity index is 2.02. The summed E-state index contributed by atoms with van der Waals surface area (Å²) in [5.74, 6) is -0.475. The Kier molecular flexibility index (Phi) is 4.06. The first-order valence-electron chi connectivity index (χ1n) is 5.98. The summed E-state index contributed by atoms with van der Waals surface area (Å²) in [7, 11) is 0. The normalized spacial score (nSPS) is 12.1. The van der Waals surface area contributed by atoms with E-state index in [0.717, 1.165) is 6.42 Å². The van der Waals surface area contributed by atoms with E-state index in [-0.39, 0.29) is 28.9 Å². The number of para-hydroxylation sites is 1. The molecule has 0 fully saturated rings. The van der Waals surface area contributed by atoms with Gasteiger partial charge in [-0.1, -0.05) is 12.1 Å². The van der Waals surface area contributed by atoms with E-state index in [1.54, 1.807) is 29.5 Å². The molecule has 1 atom stereocenters. The van der Waals surface area contributed by atoms with Crippen LogP contribution in [0, 0.1) is 0 Å². The minimum absolute atomic E-state index is 0.00743. The Hall–Kier alpha value is -2.01. The number of hydrogen-bond acceptors (Lipinski definition) is 4. The van der Waals surface area contributed by atoms with Crippen molar-refractivity contribution in [2.45, 2.75) is 19.4 Å². The monoisotopic (exact) mass is 276 g/mol. The molecule has 0 radical (unpaired) electrons. The fraction of sp³-hybridized carbons (Fsp3) is 0.214. The molecule has 0 bridgehead atoms. The number of benzene rings is 1. The fourth-order valence-electron chi connectivity index (χ4n) is 1.83. The van der Waals surface area contributed by atoms with E-state index in [2.05, 4.69) is 5.32 Å². The number of amides is 1. The van der Waals surface area contributed by atoms with Gasteiger partial charge in [-0.2, -0.15) is 0 Å². The van der Waals surface area contributed by atoms with Crippen LogP contribution in [0.1, 0.15) is 22.2 Å². The van der Waals surface area contributed by atoms with Gasteiger partial charge in [0.1, 0.15) is 0 Å². The van der Waals surface area contributed by atoms with Crippen LogP contribution in [-0.4, -0.2) is 17.1 Å². The third kappa shape index (κ3) is 3.26. The van der Waals surface area contributed by atoms with Crippen LogP contribution in [-0.2, 0) is 6.42 Å². The lowest BCUT2D eigenvalue weighted by Crippen LogP contribution is -2.34. The summed E-state index contributed by atoms with van der Waals surface area (Å²) in [6.45, 7) is 1.93. The Morgan fingerprint density at radius 2 is 2.21 bits per heavy atom. The predicted octanol–water partition coefficient (Wildman–Crippen LogP) is 2.40. The summed E-state index contributed by atoms with van der Waals surface area (Å²) in [6.07, 6.45) is 0.770. The number of thiophene rings is 1. The van der Waals surface area contributed by atoms with Gasteiger partial charge in [-0.25, -0.2) is 0 Å². The van der Waals surface area contributed by atoms with E-state index in [4.69, 9.17) is 5.73 Å². The number of anilines is 1. The molecule has 0 aliphatic carbocycles. The minimum atomic E-state index is -0.311. The molecule has 1 amide bonds. The number of phenolic OH excluding ortho intramolecular Hbond substituents is 1. The van der Waals surface area contributed by atoms with E-state index in [0.29, 0.717) is 0 Å². The zero-order valence-electron chi connectivity index (χ0n) is 10.6. The molecule has 0 aliphatic heterocycles. The minimum Gasteiger partial charge on any atom is -0.505 e. The smallest absolute Gasteiger partial charge is 0.255 e. The zero-order valence-corrected chi connectivity index (χ0v) is 11.4. The third-order valence-electron chi connectivity index (χ3n) is 2.78. The summed E-state index contributed by atoms with van der Waals surface area (Å²) in [6, 6.07) is 8.77. The maximum atomic E-state index is 12.0. The highest BCUT2D eigenvalue weighted by molar-refractivity contribution is 7.09.